The molecule has 3 N–H and O–H groups in total. The SMILES string of the molecule is COc1ccc(CC(NN)c2ccccc2)cc1. The van der Waals surface area contributed by atoms with Crippen molar-refractivity contribution < 1.29 is 4.74 Å². The number of rotatable bonds is 5. The molecule has 2 rings (SSSR count). The zero-order valence-electron chi connectivity index (χ0n) is 10.5. The Morgan fingerprint density at radius 1 is 1.06 bits per heavy atom. The maximum Gasteiger partial charge on any atom is 0.118 e. The van der Waals surface area contributed by atoms with E-state index in [1.165, 1.54) is 11.1 Å². The number of nitrogens with one attached hydrogen (secondary N) is 1. The van der Waals surface area contributed by atoms with Crippen LogP contribution < -0.4 is 16.0 Å². The molecule has 1 unspecified atom stereocenters. The van der Waals surface area contributed by atoms with Crippen molar-refractivity contribution in [2.75, 3.05) is 7.11 Å². The molecule has 3 heteroatoms. The van der Waals surface area contributed by atoms with Gasteiger partial charge in [-0.25, -0.2) is 0 Å². The fraction of sp³-hybridized carbons (Fsp3) is 0.200. The lowest BCUT2D eigenvalue weighted by atomic mass is 9.99. The standard InChI is InChI=1S/C15H18N2O/c1-18-14-9-7-12(8-10-14)11-15(17-16)13-5-3-2-4-6-13/h2-10,15,17H,11,16H2,1H3. The summed E-state index contributed by atoms with van der Waals surface area (Å²) in [4.78, 5) is 0. The van der Waals surface area contributed by atoms with Crippen LogP contribution in [0.5, 0.6) is 5.75 Å². The topological polar surface area (TPSA) is 47.3 Å². The minimum atomic E-state index is 0.125. The van der Waals surface area contributed by atoms with Gasteiger partial charge in [-0.05, 0) is 29.7 Å². The van der Waals surface area contributed by atoms with Crippen molar-refractivity contribution in [2.45, 2.75) is 12.5 Å². The number of benzene rings is 2. The molecular formula is C15H18N2O. The van der Waals surface area contributed by atoms with Gasteiger partial charge >= 0.3 is 0 Å². The Hall–Kier alpha value is -1.84. The van der Waals surface area contributed by atoms with Crippen molar-refractivity contribution in [3.8, 4) is 5.75 Å². The Morgan fingerprint density at radius 2 is 1.72 bits per heavy atom. The van der Waals surface area contributed by atoms with Gasteiger partial charge in [0.1, 0.15) is 5.75 Å². The summed E-state index contributed by atoms with van der Waals surface area (Å²) in [5, 5.41) is 0. The molecular weight excluding hydrogens is 224 g/mol. The average molecular weight is 242 g/mol. The first-order valence-corrected chi connectivity index (χ1v) is 5.97. The summed E-state index contributed by atoms with van der Waals surface area (Å²) in [6.45, 7) is 0. The molecule has 0 aliphatic rings. The third-order valence-corrected chi connectivity index (χ3v) is 3.00. The van der Waals surface area contributed by atoms with E-state index in [1.807, 2.05) is 30.3 Å². The zero-order valence-corrected chi connectivity index (χ0v) is 10.5. The van der Waals surface area contributed by atoms with Gasteiger partial charge in [-0.3, -0.25) is 11.3 Å². The highest BCUT2D eigenvalue weighted by atomic mass is 16.5. The van der Waals surface area contributed by atoms with Crippen LogP contribution in [0, 0.1) is 0 Å². The molecule has 2 aromatic carbocycles. The van der Waals surface area contributed by atoms with E-state index >= 15 is 0 Å². The van der Waals surface area contributed by atoms with Crippen LogP contribution in [0.4, 0.5) is 0 Å². The molecule has 0 aromatic heterocycles. The minimum Gasteiger partial charge on any atom is -0.497 e. The highest BCUT2D eigenvalue weighted by Crippen LogP contribution is 2.19. The van der Waals surface area contributed by atoms with Crippen molar-refractivity contribution in [1.82, 2.24) is 5.43 Å². The van der Waals surface area contributed by atoms with E-state index in [2.05, 4.69) is 29.7 Å². The van der Waals surface area contributed by atoms with Gasteiger partial charge in [-0.15, -0.1) is 0 Å². The number of methoxy groups -OCH3 is 1. The number of hydrazine groups is 1. The lowest BCUT2D eigenvalue weighted by Crippen LogP contribution is -2.29. The minimum absolute atomic E-state index is 0.125. The average Bonchev–Trinajstić information content (AvgIpc) is 2.46. The Bertz CT molecular complexity index is 468. The van der Waals surface area contributed by atoms with Gasteiger partial charge in [0, 0.05) is 6.04 Å². The van der Waals surface area contributed by atoms with Crippen LogP contribution in [0.3, 0.4) is 0 Å². The molecule has 0 bridgehead atoms. The van der Waals surface area contributed by atoms with Gasteiger partial charge in [0.25, 0.3) is 0 Å². The summed E-state index contributed by atoms with van der Waals surface area (Å²) in [5.41, 5.74) is 5.28. The van der Waals surface area contributed by atoms with Crippen molar-refractivity contribution in [1.29, 1.82) is 0 Å². The fourth-order valence-electron chi connectivity index (χ4n) is 1.96. The molecule has 0 spiro atoms. The van der Waals surface area contributed by atoms with Gasteiger partial charge in [0.05, 0.1) is 7.11 Å². The van der Waals surface area contributed by atoms with Crippen LogP contribution in [-0.4, -0.2) is 7.11 Å². The molecule has 0 amide bonds. The normalized spacial score (nSPS) is 12.1. The lowest BCUT2D eigenvalue weighted by Gasteiger charge is -2.16. The molecule has 0 fully saturated rings. The monoisotopic (exact) mass is 242 g/mol. The number of ether oxygens (including phenoxy) is 1. The van der Waals surface area contributed by atoms with Crippen LogP contribution in [0.15, 0.2) is 54.6 Å². The molecule has 0 heterocycles. The molecule has 2 aromatic rings. The largest absolute Gasteiger partial charge is 0.497 e. The third kappa shape index (κ3) is 3.09. The van der Waals surface area contributed by atoms with Gasteiger partial charge < -0.3 is 4.74 Å². The van der Waals surface area contributed by atoms with Crippen LogP contribution in [0.2, 0.25) is 0 Å². The Kier molecular flexibility index (Phi) is 4.34. The van der Waals surface area contributed by atoms with Crippen molar-refractivity contribution in [3.63, 3.8) is 0 Å². The van der Waals surface area contributed by atoms with Crippen molar-refractivity contribution >= 4 is 0 Å². The molecule has 0 aliphatic carbocycles. The van der Waals surface area contributed by atoms with Gasteiger partial charge in [-0.2, -0.15) is 0 Å². The summed E-state index contributed by atoms with van der Waals surface area (Å²) >= 11 is 0. The summed E-state index contributed by atoms with van der Waals surface area (Å²) in [5.74, 6) is 6.51. The highest BCUT2D eigenvalue weighted by Gasteiger charge is 2.09. The Labute approximate surface area is 108 Å². The maximum absolute atomic E-state index is 5.63. The number of hydrogen-bond donors (Lipinski definition) is 2. The second kappa shape index (κ2) is 6.19. The molecule has 18 heavy (non-hydrogen) atoms. The van der Waals surface area contributed by atoms with Crippen molar-refractivity contribution in [3.05, 3.63) is 65.7 Å². The van der Waals surface area contributed by atoms with Crippen LogP contribution in [0.1, 0.15) is 17.2 Å². The molecule has 0 aliphatic heterocycles. The van der Waals surface area contributed by atoms with E-state index in [0.717, 1.165) is 12.2 Å². The van der Waals surface area contributed by atoms with Crippen LogP contribution in [-0.2, 0) is 6.42 Å². The summed E-state index contributed by atoms with van der Waals surface area (Å²) in [6.07, 6.45) is 0.852. The van der Waals surface area contributed by atoms with Gasteiger partial charge in [0.2, 0.25) is 0 Å². The highest BCUT2D eigenvalue weighted by molar-refractivity contribution is 5.29. The summed E-state index contributed by atoms with van der Waals surface area (Å²) < 4.78 is 5.14. The van der Waals surface area contributed by atoms with E-state index in [4.69, 9.17) is 10.6 Å². The molecule has 1 atom stereocenters. The van der Waals surface area contributed by atoms with E-state index in [1.54, 1.807) is 7.11 Å². The van der Waals surface area contributed by atoms with E-state index < -0.39 is 0 Å². The third-order valence-electron chi connectivity index (χ3n) is 3.00. The second-order valence-electron chi connectivity index (χ2n) is 4.18. The first-order valence-electron chi connectivity index (χ1n) is 5.97. The fourth-order valence-corrected chi connectivity index (χ4v) is 1.96. The number of nitrogens with two attached hydrogens (primary N) is 1. The smallest absolute Gasteiger partial charge is 0.118 e. The summed E-state index contributed by atoms with van der Waals surface area (Å²) in [6, 6.07) is 18.4. The van der Waals surface area contributed by atoms with Crippen LogP contribution in [0.25, 0.3) is 0 Å². The second-order valence-corrected chi connectivity index (χ2v) is 4.18. The first-order chi connectivity index (χ1) is 8.83. The van der Waals surface area contributed by atoms with Crippen molar-refractivity contribution in [2.24, 2.45) is 5.84 Å². The molecule has 94 valence electrons. The molecule has 3 nitrogen and oxygen atoms in total. The molecule has 0 radical (unpaired) electrons. The van der Waals surface area contributed by atoms with Gasteiger partial charge in [-0.1, -0.05) is 42.5 Å². The molecule has 0 saturated carbocycles. The van der Waals surface area contributed by atoms with E-state index in [-0.39, 0.29) is 6.04 Å². The van der Waals surface area contributed by atoms with E-state index in [0.29, 0.717) is 0 Å². The number of hydrogen-bond acceptors (Lipinski definition) is 3. The predicted octanol–water partition coefficient (Wildman–Crippen LogP) is 2.44. The summed E-state index contributed by atoms with van der Waals surface area (Å²) in [7, 11) is 1.67. The van der Waals surface area contributed by atoms with Crippen LogP contribution >= 0.6 is 0 Å². The molecule has 0 saturated heterocycles. The van der Waals surface area contributed by atoms with Gasteiger partial charge in [0.15, 0.2) is 0 Å². The Balaban J connectivity index is 2.10. The Morgan fingerprint density at radius 3 is 2.28 bits per heavy atom. The first kappa shape index (κ1) is 12.6. The lowest BCUT2D eigenvalue weighted by molar-refractivity contribution is 0.414. The quantitative estimate of drug-likeness (QED) is 0.625. The van der Waals surface area contributed by atoms with E-state index in [9.17, 15) is 0 Å². The maximum atomic E-state index is 5.63. The zero-order chi connectivity index (χ0) is 12.8. The predicted molar refractivity (Wildman–Crippen MR) is 73.2 cm³/mol.